The molecule has 2 aliphatic heterocycles. The van der Waals surface area contributed by atoms with E-state index in [1.165, 1.54) is 12.8 Å². The van der Waals surface area contributed by atoms with Crippen LogP contribution < -0.4 is 0 Å². The van der Waals surface area contributed by atoms with Crippen molar-refractivity contribution in [1.29, 1.82) is 0 Å². The van der Waals surface area contributed by atoms with Crippen LogP contribution in [0.2, 0.25) is 0 Å². The average Bonchev–Trinajstić information content (AvgIpc) is 3.27. The number of carbonyl (C=O) groups is 1. The summed E-state index contributed by atoms with van der Waals surface area (Å²) in [7, 11) is 0. The van der Waals surface area contributed by atoms with E-state index >= 15 is 0 Å². The monoisotopic (exact) mass is 425 g/mol. The Kier molecular flexibility index (Phi) is 3.85. The van der Waals surface area contributed by atoms with Gasteiger partial charge in [0.1, 0.15) is 12.9 Å². The summed E-state index contributed by atoms with van der Waals surface area (Å²) in [6, 6.07) is 0.476. The molecule has 2 amide bonds. The molecule has 6 rings (SSSR count). The van der Waals surface area contributed by atoms with Crippen LogP contribution in [0.5, 0.6) is 0 Å². The van der Waals surface area contributed by atoms with Gasteiger partial charge in [0, 0.05) is 42.9 Å². The topological polar surface area (TPSA) is 63.5 Å². The maximum atomic E-state index is 12.7. The molecule has 5 fully saturated rings. The van der Waals surface area contributed by atoms with Gasteiger partial charge in [0.15, 0.2) is 5.82 Å². The maximum absolute atomic E-state index is 12.7. The van der Waals surface area contributed by atoms with Crippen LogP contribution >= 0.6 is 0 Å². The number of carbonyl (C=O) groups excluding carboxylic acids is 1. The van der Waals surface area contributed by atoms with Gasteiger partial charge < -0.3 is 14.5 Å². The highest BCUT2D eigenvalue weighted by molar-refractivity contribution is 5.77. The Bertz CT molecular complexity index is 839. The van der Waals surface area contributed by atoms with E-state index in [0.29, 0.717) is 37.9 Å². The molecule has 164 valence electrons. The van der Waals surface area contributed by atoms with Crippen molar-refractivity contribution in [3.05, 3.63) is 12.2 Å². The fourth-order valence-corrected chi connectivity index (χ4v) is 5.87. The number of nitrogens with zero attached hydrogens (tertiary/aromatic N) is 5. The summed E-state index contributed by atoms with van der Waals surface area (Å²) in [6.07, 6.45) is 3.02. The summed E-state index contributed by atoms with van der Waals surface area (Å²) in [4.78, 5) is 20.9. The fraction of sp³-hybridized carbons (Fsp3) is 0.850. The lowest BCUT2D eigenvalue weighted by Gasteiger charge is -2.63. The Morgan fingerprint density at radius 1 is 1.07 bits per heavy atom. The van der Waals surface area contributed by atoms with Crippen molar-refractivity contribution in [3.63, 3.8) is 0 Å². The van der Waals surface area contributed by atoms with E-state index in [1.54, 1.807) is 0 Å². The number of likely N-dealkylation sites (tertiary alicyclic amines) is 2. The van der Waals surface area contributed by atoms with Crippen LogP contribution in [0.1, 0.15) is 56.3 Å². The third-order valence-corrected chi connectivity index (χ3v) is 7.63. The summed E-state index contributed by atoms with van der Waals surface area (Å²) in [6.45, 7) is 1.71. The first-order valence-corrected chi connectivity index (χ1v) is 10.8. The Hall–Kier alpha value is -1.84. The number of hydrogen-bond donors (Lipinski definition) is 0. The van der Waals surface area contributed by atoms with E-state index in [-0.39, 0.29) is 23.0 Å². The van der Waals surface area contributed by atoms with Crippen LogP contribution in [-0.2, 0) is 4.74 Å². The summed E-state index contributed by atoms with van der Waals surface area (Å²) in [5, 5.41) is 4.63. The van der Waals surface area contributed by atoms with E-state index in [1.807, 2.05) is 20.8 Å². The van der Waals surface area contributed by atoms with Gasteiger partial charge in [-0.2, -0.15) is 18.3 Å². The van der Waals surface area contributed by atoms with E-state index < -0.39 is 12.8 Å². The first-order chi connectivity index (χ1) is 14.2. The highest BCUT2D eigenvalue weighted by Crippen LogP contribution is 2.55. The highest BCUT2D eigenvalue weighted by atomic mass is 19.4. The lowest BCUT2D eigenvalue weighted by Crippen LogP contribution is -2.71. The number of urea groups is 1. The molecule has 2 spiro atoms. The molecular weight excluding hydrogens is 399 g/mol. The summed E-state index contributed by atoms with van der Waals surface area (Å²) in [5.74, 6) is 1.55. The molecule has 0 aromatic carbocycles. The molecule has 3 saturated carbocycles. The van der Waals surface area contributed by atoms with Crippen LogP contribution in [-0.4, -0.2) is 75.7 Å². The van der Waals surface area contributed by atoms with E-state index in [2.05, 4.69) is 10.1 Å². The minimum Gasteiger partial charge on any atom is -0.369 e. The number of ether oxygens (including phenoxy) is 1. The zero-order chi connectivity index (χ0) is 20.7. The molecule has 5 aliphatic rings. The van der Waals surface area contributed by atoms with Crippen molar-refractivity contribution in [2.45, 2.75) is 62.8 Å². The van der Waals surface area contributed by atoms with Gasteiger partial charge in [-0.3, -0.25) is 0 Å². The lowest BCUT2D eigenvalue weighted by molar-refractivity contribution is -0.217. The first kappa shape index (κ1) is 18.9. The zero-order valence-corrected chi connectivity index (χ0v) is 16.8. The van der Waals surface area contributed by atoms with Gasteiger partial charge in [-0.15, -0.1) is 0 Å². The molecule has 0 N–H and O–H groups in total. The van der Waals surface area contributed by atoms with Crippen LogP contribution in [0.4, 0.5) is 18.0 Å². The number of halogens is 3. The van der Waals surface area contributed by atoms with Gasteiger partial charge in [-0.1, -0.05) is 0 Å². The van der Waals surface area contributed by atoms with Crippen LogP contribution in [0.25, 0.3) is 0 Å². The fourth-order valence-electron chi connectivity index (χ4n) is 5.87. The van der Waals surface area contributed by atoms with Crippen molar-refractivity contribution < 1.29 is 22.7 Å². The van der Waals surface area contributed by atoms with Gasteiger partial charge in [0.2, 0.25) is 0 Å². The maximum Gasteiger partial charge on any atom is 0.411 e. The van der Waals surface area contributed by atoms with E-state index in [9.17, 15) is 18.0 Å². The summed E-state index contributed by atoms with van der Waals surface area (Å²) in [5.41, 5.74) is 0.226. The number of hydrogen-bond acceptors (Lipinski definition) is 4. The predicted octanol–water partition coefficient (Wildman–Crippen LogP) is 2.96. The molecule has 0 atom stereocenters. The minimum absolute atomic E-state index is 0.0115. The molecule has 1 aromatic heterocycles. The standard InChI is InChI=1S/C20H26F3N5O2/c21-20(22,23)11-30-15-5-19(6-15)9-27(10-19)17(29)26-7-18(8-26)3-14(4-18)28-12-24-16(25-28)13-1-2-13/h12-15H,1-11H2. The molecule has 7 nitrogen and oxygen atoms in total. The van der Waals surface area contributed by atoms with Gasteiger partial charge in [-0.25, -0.2) is 14.5 Å². The average molecular weight is 425 g/mol. The first-order valence-electron chi connectivity index (χ1n) is 10.8. The molecule has 10 heteroatoms. The highest BCUT2D eigenvalue weighted by Gasteiger charge is 2.59. The van der Waals surface area contributed by atoms with Gasteiger partial charge >= 0.3 is 12.2 Å². The molecule has 0 bridgehead atoms. The van der Waals surface area contributed by atoms with Crippen molar-refractivity contribution in [1.82, 2.24) is 24.6 Å². The Labute approximate surface area is 172 Å². The smallest absolute Gasteiger partial charge is 0.369 e. The second-order valence-electron chi connectivity index (χ2n) is 10.4. The predicted molar refractivity (Wildman–Crippen MR) is 98.7 cm³/mol. The molecular formula is C20H26F3N5O2. The van der Waals surface area contributed by atoms with Crippen LogP contribution in [0, 0.1) is 10.8 Å². The largest absolute Gasteiger partial charge is 0.411 e. The molecule has 2 saturated heterocycles. The molecule has 3 aliphatic carbocycles. The normalized spacial score (nSPS) is 27.6. The Morgan fingerprint density at radius 2 is 1.67 bits per heavy atom. The van der Waals surface area contributed by atoms with Crippen LogP contribution in [0.15, 0.2) is 6.33 Å². The molecule has 0 unspecified atom stereocenters. The molecule has 1 aromatic rings. The Morgan fingerprint density at radius 3 is 2.23 bits per heavy atom. The van der Waals surface area contributed by atoms with Crippen molar-refractivity contribution in [2.75, 3.05) is 32.8 Å². The second-order valence-corrected chi connectivity index (χ2v) is 10.4. The van der Waals surface area contributed by atoms with Gasteiger partial charge in [-0.05, 0) is 38.5 Å². The molecule has 3 heterocycles. The molecule has 30 heavy (non-hydrogen) atoms. The SMILES string of the molecule is O=C(N1CC2(CC(OCC(F)(F)F)C2)C1)N1CC2(CC(n3cnc(C4CC4)n3)C2)C1. The summed E-state index contributed by atoms with van der Waals surface area (Å²) >= 11 is 0. The zero-order valence-electron chi connectivity index (χ0n) is 16.8. The van der Waals surface area contributed by atoms with E-state index in [0.717, 1.165) is 31.8 Å². The minimum atomic E-state index is -4.27. The van der Waals surface area contributed by atoms with Crippen LogP contribution in [0.3, 0.4) is 0 Å². The van der Waals surface area contributed by atoms with Gasteiger partial charge in [0.25, 0.3) is 0 Å². The number of aromatic nitrogens is 3. The number of amides is 2. The van der Waals surface area contributed by atoms with Crippen molar-refractivity contribution in [3.8, 4) is 0 Å². The third kappa shape index (κ3) is 3.18. The molecule has 0 radical (unpaired) electrons. The van der Waals surface area contributed by atoms with Crippen molar-refractivity contribution in [2.24, 2.45) is 10.8 Å². The number of alkyl halides is 3. The third-order valence-electron chi connectivity index (χ3n) is 7.63. The van der Waals surface area contributed by atoms with E-state index in [4.69, 9.17) is 4.74 Å². The Balaban J connectivity index is 0.921. The van der Waals surface area contributed by atoms with Crippen molar-refractivity contribution >= 4 is 6.03 Å². The quantitative estimate of drug-likeness (QED) is 0.744. The second kappa shape index (κ2) is 6.11. The lowest BCUT2D eigenvalue weighted by atomic mass is 9.60. The van der Waals surface area contributed by atoms with Gasteiger partial charge in [0.05, 0.1) is 12.1 Å². The summed E-state index contributed by atoms with van der Waals surface area (Å²) < 4.78 is 43.6. The number of rotatable bonds is 4.